The van der Waals surface area contributed by atoms with Crippen molar-refractivity contribution in [2.24, 2.45) is 0 Å². The number of nitrogens with zero attached hydrogens (tertiary/aromatic N) is 5. The molecule has 8 nitrogen and oxygen atoms in total. The maximum absolute atomic E-state index is 12.5. The van der Waals surface area contributed by atoms with E-state index in [9.17, 15) is 4.79 Å². The standard InChI is InChI=1S/C21H31N5O3/c1-5-25(6-2)21(27)18-15-26(23-22-18)17-8-7-11-24(14-17)13-16-9-10-19(28-3)20(12-16)29-4/h9-10,12,15,17H,5-8,11,13-14H2,1-4H3/t17-/m1/s1. The minimum absolute atomic E-state index is 0.0563. The van der Waals surface area contributed by atoms with Crippen molar-refractivity contribution >= 4 is 5.91 Å². The first-order valence-corrected chi connectivity index (χ1v) is 10.2. The summed E-state index contributed by atoms with van der Waals surface area (Å²) in [5.41, 5.74) is 1.60. The molecule has 1 aromatic heterocycles. The highest BCUT2D eigenvalue weighted by Crippen LogP contribution is 2.29. The van der Waals surface area contributed by atoms with Crippen LogP contribution in [0.25, 0.3) is 0 Å². The van der Waals surface area contributed by atoms with E-state index in [0.717, 1.165) is 44.0 Å². The number of aromatic nitrogens is 3. The highest BCUT2D eigenvalue weighted by molar-refractivity contribution is 5.91. The lowest BCUT2D eigenvalue weighted by molar-refractivity contribution is 0.0767. The molecule has 8 heteroatoms. The average Bonchev–Trinajstić information content (AvgIpc) is 3.25. The Labute approximate surface area is 172 Å². The Balaban J connectivity index is 1.66. The van der Waals surface area contributed by atoms with Gasteiger partial charge in [-0.15, -0.1) is 5.10 Å². The summed E-state index contributed by atoms with van der Waals surface area (Å²) in [6, 6.07) is 6.26. The fraction of sp³-hybridized carbons (Fsp3) is 0.571. The van der Waals surface area contributed by atoms with Crippen LogP contribution in [-0.2, 0) is 6.54 Å². The molecule has 1 saturated heterocycles. The molecule has 1 fully saturated rings. The van der Waals surface area contributed by atoms with E-state index in [2.05, 4.69) is 21.3 Å². The minimum Gasteiger partial charge on any atom is -0.493 e. The fourth-order valence-electron chi connectivity index (χ4n) is 3.85. The second kappa shape index (κ2) is 9.73. The van der Waals surface area contributed by atoms with Crippen LogP contribution in [0.15, 0.2) is 24.4 Å². The van der Waals surface area contributed by atoms with Gasteiger partial charge >= 0.3 is 0 Å². The SMILES string of the molecule is CCN(CC)C(=O)c1cn([C@@H]2CCCN(Cc3ccc(OC)c(OC)c3)C2)nn1. The number of carbonyl (C=O) groups excluding carboxylic acids is 1. The number of carbonyl (C=O) groups is 1. The molecule has 1 aromatic carbocycles. The molecule has 0 N–H and O–H groups in total. The monoisotopic (exact) mass is 401 g/mol. The largest absolute Gasteiger partial charge is 0.493 e. The number of ether oxygens (including phenoxy) is 2. The van der Waals surface area contributed by atoms with E-state index in [1.54, 1.807) is 25.3 Å². The third kappa shape index (κ3) is 4.87. The summed E-state index contributed by atoms with van der Waals surface area (Å²) in [6.45, 7) is 8.02. The number of rotatable bonds is 8. The van der Waals surface area contributed by atoms with E-state index in [1.165, 1.54) is 5.56 Å². The molecule has 1 atom stereocenters. The van der Waals surface area contributed by atoms with Crippen LogP contribution in [0, 0.1) is 0 Å². The van der Waals surface area contributed by atoms with Gasteiger partial charge in [-0.1, -0.05) is 11.3 Å². The molecule has 2 aromatic rings. The molecule has 29 heavy (non-hydrogen) atoms. The number of hydrogen-bond acceptors (Lipinski definition) is 6. The normalized spacial score (nSPS) is 17.2. The smallest absolute Gasteiger partial charge is 0.276 e. The quantitative estimate of drug-likeness (QED) is 0.677. The van der Waals surface area contributed by atoms with Gasteiger partial charge < -0.3 is 14.4 Å². The second-order valence-corrected chi connectivity index (χ2v) is 7.28. The summed E-state index contributed by atoms with van der Waals surface area (Å²) >= 11 is 0. The summed E-state index contributed by atoms with van der Waals surface area (Å²) in [5, 5.41) is 8.39. The molecule has 0 radical (unpaired) electrons. The van der Waals surface area contributed by atoms with Crippen LogP contribution >= 0.6 is 0 Å². The Morgan fingerprint density at radius 2 is 1.97 bits per heavy atom. The van der Waals surface area contributed by atoms with Crippen LogP contribution < -0.4 is 9.47 Å². The van der Waals surface area contributed by atoms with Crippen LogP contribution in [0.3, 0.4) is 0 Å². The summed E-state index contributed by atoms with van der Waals surface area (Å²) in [5.74, 6) is 1.43. The Morgan fingerprint density at radius 3 is 2.66 bits per heavy atom. The van der Waals surface area contributed by atoms with Gasteiger partial charge in [0.1, 0.15) is 0 Å². The van der Waals surface area contributed by atoms with Gasteiger partial charge in [-0.05, 0) is 50.9 Å². The zero-order valence-electron chi connectivity index (χ0n) is 17.8. The molecular weight excluding hydrogens is 370 g/mol. The number of likely N-dealkylation sites (tertiary alicyclic amines) is 1. The van der Waals surface area contributed by atoms with Gasteiger partial charge in [0.15, 0.2) is 17.2 Å². The lowest BCUT2D eigenvalue weighted by Gasteiger charge is -2.32. The highest BCUT2D eigenvalue weighted by Gasteiger charge is 2.24. The molecule has 1 aliphatic rings. The van der Waals surface area contributed by atoms with E-state index in [0.29, 0.717) is 18.8 Å². The van der Waals surface area contributed by atoms with Crippen molar-refractivity contribution in [3.8, 4) is 11.5 Å². The highest BCUT2D eigenvalue weighted by atomic mass is 16.5. The summed E-state index contributed by atoms with van der Waals surface area (Å²) in [7, 11) is 3.30. The van der Waals surface area contributed by atoms with Crippen molar-refractivity contribution < 1.29 is 14.3 Å². The van der Waals surface area contributed by atoms with Gasteiger partial charge in [0.25, 0.3) is 5.91 Å². The Morgan fingerprint density at radius 1 is 1.21 bits per heavy atom. The van der Waals surface area contributed by atoms with Crippen molar-refractivity contribution in [1.29, 1.82) is 0 Å². The average molecular weight is 402 g/mol. The molecule has 158 valence electrons. The molecule has 0 spiro atoms. The van der Waals surface area contributed by atoms with E-state index in [4.69, 9.17) is 9.47 Å². The Hall–Kier alpha value is -2.61. The van der Waals surface area contributed by atoms with E-state index in [1.807, 2.05) is 30.7 Å². The van der Waals surface area contributed by atoms with Gasteiger partial charge in [0.05, 0.1) is 26.5 Å². The molecule has 1 aliphatic heterocycles. The maximum Gasteiger partial charge on any atom is 0.276 e. The minimum atomic E-state index is -0.0563. The molecule has 1 amide bonds. The molecular formula is C21H31N5O3. The predicted molar refractivity (Wildman–Crippen MR) is 110 cm³/mol. The van der Waals surface area contributed by atoms with Crippen molar-refractivity contribution in [2.45, 2.75) is 39.3 Å². The van der Waals surface area contributed by atoms with E-state index in [-0.39, 0.29) is 11.9 Å². The number of methoxy groups -OCH3 is 2. The zero-order chi connectivity index (χ0) is 20.8. The molecule has 3 rings (SSSR count). The van der Waals surface area contributed by atoms with Gasteiger partial charge in [-0.3, -0.25) is 9.69 Å². The lowest BCUT2D eigenvalue weighted by atomic mass is 10.0. The van der Waals surface area contributed by atoms with Crippen LogP contribution in [0.1, 0.15) is 48.8 Å². The second-order valence-electron chi connectivity index (χ2n) is 7.28. The lowest BCUT2D eigenvalue weighted by Crippen LogP contribution is -2.36. The van der Waals surface area contributed by atoms with Crippen molar-refractivity contribution in [3.63, 3.8) is 0 Å². The molecule has 0 bridgehead atoms. The van der Waals surface area contributed by atoms with E-state index >= 15 is 0 Å². The van der Waals surface area contributed by atoms with E-state index < -0.39 is 0 Å². The molecule has 0 saturated carbocycles. The zero-order valence-corrected chi connectivity index (χ0v) is 17.8. The van der Waals surface area contributed by atoms with Crippen molar-refractivity contribution in [3.05, 3.63) is 35.7 Å². The Kier molecular flexibility index (Phi) is 7.09. The first-order valence-electron chi connectivity index (χ1n) is 10.2. The molecule has 2 heterocycles. The number of hydrogen-bond donors (Lipinski definition) is 0. The van der Waals surface area contributed by atoms with Crippen molar-refractivity contribution in [2.75, 3.05) is 40.4 Å². The summed E-state index contributed by atoms with van der Waals surface area (Å²) < 4.78 is 12.6. The Bertz CT molecular complexity index is 818. The van der Waals surface area contributed by atoms with Crippen LogP contribution in [-0.4, -0.2) is 71.1 Å². The van der Waals surface area contributed by atoms with Gasteiger partial charge in [-0.2, -0.15) is 0 Å². The molecule has 0 aliphatic carbocycles. The van der Waals surface area contributed by atoms with Gasteiger partial charge in [-0.25, -0.2) is 4.68 Å². The maximum atomic E-state index is 12.5. The predicted octanol–water partition coefficient (Wildman–Crippen LogP) is 2.61. The van der Waals surface area contributed by atoms with Crippen molar-refractivity contribution in [1.82, 2.24) is 24.8 Å². The van der Waals surface area contributed by atoms with Gasteiger partial charge in [0.2, 0.25) is 0 Å². The summed E-state index contributed by atoms with van der Waals surface area (Å²) in [6.07, 6.45) is 3.91. The first-order chi connectivity index (χ1) is 14.1. The van der Waals surface area contributed by atoms with Crippen LogP contribution in [0.2, 0.25) is 0 Å². The number of piperidine rings is 1. The number of amides is 1. The van der Waals surface area contributed by atoms with Crippen LogP contribution in [0.4, 0.5) is 0 Å². The first kappa shape index (κ1) is 21.1. The summed E-state index contributed by atoms with van der Waals surface area (Å²) in [4.78, 5) is 16.7. The number of benzene rings is 1. The van der Waals surface area contributed by atoms with Crippen LogP contribution in [0.5, 0.6) is 11.5 Å². The molecule has 0 unspecified atom stereocenters. The topological polar surface area (TPSA) is 72.7 Å². The third-order valence-corrected chi connectivity index (χ3v) is 5.49. The third-order valence-electron chi connectivity index (χ3n) is 5.49. The van der Waals surface area contributed by atoms with Gasteiger partial charge in [0, 0.05) is 26.2 Å². The fourth-order valence-corrected chi connectivity index (χ4v) is 3.85.